The third-order valence-electron chi connectivity index (χ3n) is 5.93. The van der Waals surface area contributed by atoms with E-state index in [-0.39, 0.29) is 11.7 Å². The largest absolute Gasteiger partial charge is 0.497 e. The molecule has 4 atom stereocenters. The first kappa shape index (κ1) is 20.1. The summed E-state index contributed by atoms with van der Waals surface area (Å²) in [5, 5.41) is 5.97. The molecule has 1 aromatic rings. The Bertz CT molecular complexity index is 977. The number of allylic oxidation sites excluding steroid dienone is 1. The van der Waals surface area contributed by atoms with Gasteiger partial charge in [-0.1, -0.05) is 26.8 Å². The Kier molecular flexibility index (Phi) is 4.67. The minimum Gasteiger partial charge on any atom is -0.497 e. The van der Waals surface area contributed by atoms with Crippen LogP contribution in [0.15, 0.2) is 35.5 Å². The number of rotatable bonds is 4. The molecule has 4 rings (SSSR count). The number of methoxy groups -OCH3 is 2. The van der Waals surface area contributed by atoms with Crippen molar-refractivity contribution in [1.82, 2.24) is 5.01 Å². The molecule has 8 nitrogen and oxygen atoms in total. The number of hydrogen-bond acceptors (Lipinski definition) is 7. The van der Waals surface area contributed by atoms with Gasteiger partial charge in [0.15, 0.2) is 5.78 Å². The molecule has 30 heavy (non-hydrogen) atoms. The highest BCUT2D eigenvalue weighted by atomic mass is 16.5. The zero-order valence-electron chi connectivity index (χ0n) is 17.7. The van der Waals surface area contributed by atoms with E-state index in [0.29, 0.717) is 17.2 Å². The summed E-state index contributed by atoms with van der Waals surface area (Å²) in [7, 11) is 2.98. The van der Waals surface area contributed by atoms with Crippen molar-refractivity contribution in [2.24, 2.45) is 22.4 Å². The zero-order chi connectivity index (χ0) is 21.8. The minimum atomic E-state index is -0.815. The number of ether oxygens (including phenoxy) is 2. The van der Waals surface area contributed by atoms with Crippen molar-refractivity contribution in [3.63, 3.8) is 0 Å². The molecule has 0 N–H and O–H groups in total. The molecule has 0 saturated carbocycles. The van der Waals surface area contributed by atoms with Gasteiger partial charge in [-0.3, -0.25) is 19.4 Å². The molecule has 0 aliphatic carbocycles. The molecule has 0 radical (unpaired) electrons. The molecule has 3 heterocycles. The van der Waals surface area contributed by atoms with E-state index in [0.717, 1.165) is 4.90 Å². The molecule has 0 bridgehead atoms. The molecule has 3 aliphatic heterocycles. The first-order chi connectivity index (χ1) is 14.2. The number of imide groups is 1. The molecule has 158 valence electrons. The predicted molar refractivity (Wildman–Crippen MR) is 111 cm³/mol. The summed E-state index contributed by atoms with van der Waals surface area (Å²) < 4.78 is 10.7. The standard InChI is InChI=1S/C22H25N3O5/c1-22(2,3)19(26)18-17-16(13-7-6-10-23-25(13)18)20(27)24(21(17)28)14-11-12(29-4)8-9-15(14)30-5/h6-11,13,16-18H,1-5H3/t13-,16-,17-,18-/m0/s1. The van der Waals surface area contributed by atoms with Crippen molar-refractivity contribution in [1.29, 1.82) is 0 Å². The van der Waals surface area contributed by atoms with Crippen molar-refractivity contribution in [2.75, 3.05) is 19.1 Å². The highest BCUT2D eigenvalue weighted by molar-refractivity contribution is 6.24. The first-order valence-corrected chi connectivity index (χ1v) is 9.84. The summed E-state index contributed by atoms with van der Waals surface area (Å²) in [6, 6.07) is 3.69. The molecular formula is C22H25N3O5. The summed E-state index contributed by atoms with van der Waals surface area (Å²) in [5.41, 5.74) is -0.372. The Labute approximate surface area is 175 Å². The van der Waals surface area contributed by atoms with Gasteiger partial charge in [-0.25, -0.2) is 4.90 Å². The van der Waals surface area contributed by atoms with Crippen LogP contribution in [0.25, 0.3) is 0 Å². The van der Waals surface area contributed by atoms with Crippen molar-refractivity contribution in [2.45, 2.75) is 32.9 Å². The normalized spacial score (nSPS) is 27.4. The average Bonchev–Trinajstić information content (AvgIpc) is 3.19. The maximum Gasteiger partial charge on any atom is 0.240 e. The topological polar surface area (TPSA) is 88.5 Å². The lowest BCUT2D eigenvalue weighted by Gasteiger charge is -2.33. The number of anilines is 1. The molecule has 3 aliphatic rings. The van der Waals surface area contributed by atoms with E-state index in [4.69, 9.17) is 9.47 Å². The monoisotopic (exact) mass is 411 g/mol. The summed E-state index contributed by atoms with van der Waals surface area (Å²) in [6.45, 7) is 5.43. The van der Waals surface area contributed by atoms with Gasteiger partial charge in [0.25, 0.3) is 0 Å². The van der Waals surface area contributed by atoms with Crippen LogP contribution < -0.4 is 14.4 Å². The average molecular weight is 411 g/mol. The predicted octanol–water partition coefficient (Wildman–Crippen LogP) is 2.03. The first-order valence-electron chi connectivity index (χ1n) is 9.84. The fraction of sp³-hybridized carbons (Fsp3) is 0.455. The number of hydrazone groups is 1. The molecule has 0 unspecified atom stereocenters. The van der Waals surface area contributed by atoms with E-state index in [1.54, 1.807) is 35.5 Å². The molecular weight excluding hydrogens is 386 g/mol. The van der Waals surface area contributed by atoms with Crippen LogP contribution in [0.2, 0.25) is 0 Å². The second-order valence-corrected chi connectivity index (χ2v) is 8.68. The third kappa shape index (κ3) is 2.81. The van der Waals surface area contributed by atoms with Gasteiger partial charge >= 0.3 is 0 Å². The lowest BCUT2D eigenvalue weighted by atomic mass is 9.80. The molecule has 2 amide bonds. The number of nitrogens with zero attached hydrogens (tertiary/aromatic N) is 3. The number of amides is 2. The smallest absolute Gasteiger partial charge is 0.240 e. The van der Waals surface area contributed by atoms with E-state index in [9.17, 15) is 14.4 Å². The van der Waals surface area contributed by atoms with Crippen LogP contribution >= 0.6 is 0 Å². The Morgan fingerprint density at radius 3 is 2.40 bits per heavy atom. The number of Topliss-reactive ketones (excluding diaryl/α,β-unsaturated/α-hetero) is 1. The van der Waals surface area contributed by atoms with Gasteiger partial charge in [-0.05, 0) is 18.2 Å². The summed E-state index contributed by atoms with van der Waals surface area (Å²) in [6.07, 6.45) is 5.16. The Hall–Kier alpha value is -3.16. The minimum absolute atomic E-state index is 0.118. The molecule has 0 aromatic heterocycles. The fourth-order valence-corrected chi connectivity index (χ4v) is 4.49. The fourth-order valence-electron chi connectivity index (χ4n) is 4.49. The summed E-state index contributed by atoms with van der Waals surface area (Å²) in [5.74, 6) is -1.54. The van der Waals surface area contributed by atoms with Crippen molar-refractivity contribution in [3.8, 4) is 11.5 Å². The van der Waals surface area contributed by atoms with Crippen LogP contribution in [-0.2, 0) is 14.4 Å². The number of carbonyl (C=O) groups excluding carboxylic acids is 3. The summed E-state index contributed by atoms with van der Waals surface area (Å²) >= 11 is 0. The van der Waals surface area contributed by atoms with Gasteiger partial charge in [-0.15, -0.1) is 0 Å². The molecule has 2 fully saturated rings. The lowest BCUT2D eigenvalue weighted by Crippen LogP contribution is -2.49. The molecule has 8 heteroatoms. The molecule has 2 saturated heterocycles. The third-order valence-corrected chi connectivity index (χ3v) is 5.93. The van der Waals surface area contributed by atoms with Crippen LogP contribution in [0.5, 0.6) is 11.5 Å². The SMILES string of the molecule is COc1ccc(OC)c(N2C(=O)[C@@H]3[C@H](C2=O)[C@@H](C(=O)C(C)(C)C)N2N=CC=C[C@@H]32)c1. The summed E-state index contributed by atoms with van der Waals surface area (Å²) in [4.78, 5) is 41.6. The van der Waals surface area contributed by atoms with Crippen LogP contribution in [0.4, 0.5) is 5.69 Å². The molecule has 0 spiro atoms. The van der Waals surface area contributed by atoms with E-state index in [1.165, 1.54) is 14.2 Å². The zero-order valence-corrected chi connectivity index (χ0v) is 17.7. The van der Waals surface area contributed by atoms with Crippen molar-refractivity contribution < 1.29 is 23.9 Å². The highest BCUT2D eigenvalue weighted by Gasteiger charge is 2.65. The lowest BCUT2D eigenvalue weighted by molar-refractivity contribution is -0.136. The maximum atomic E-state index is 13.6. The Morgan fingerprint density at radius 1 is 1.07 bits per heavy atom. The number of fused-ring (bicyclic) bond motifs is 3. The van der Waals surface area contributed by atoms with Crippen LogP contribution in [-0.4, -0.2) is 55.1 Å². The van der Waals surface area contributed by atoms with Gasteiger partial charge in [0.05, 0.1) is 37.8 Å². The maximum absolute atomic E-state index is 13.6. The van der Waals surface area contributed by atoms with Crippen molar-refractivity contribution >= 4 is 29.5 Å². The van der Waals surface area contributed by atoms with E-state index in [1.807, 2.05) is 26.8 Å². The van der Waals surface area contributed by atoms with E-state index < -0.39 is 35.2 Å². The van der Waals surface area contributed by atoms with Gasteiger partial charge in [0.1, 0.15) is 17.5 Å². The highest BCUT2D eigenvalue weighted by Crippen LogP contribution is 2.48. The Morgan fingerprint density at radius 2 is 1.77 bits per heavy atom. The van der Waals surface area contributed by atoms with Crippen LogP contribution in [0.1, 0.15) is 20.8 Å². The van der Waals surface area contributed by atoms with Gasteiger partial charge in [0.2, 0.25) is 11.8 Å². The number of ketones is 1. The second kappa shape index (κ2) is 6.97. The van der Waals surface area contributed by atoms with Crippen LogP contribution in [0.3, 0.4) is 0 Å². The second-order valence-electron chi connectivity index (χ2n) is 8.68. The Balaban J connectivity index is 1.82. The van der Waals surface area contributed by atoms with Crippen molar-refractivity contribution in [3.05, 3.63) is 30.4 Å². The van der Waals surface area contributed by atoms with Gasteiger partial charge in [0, 0.05) is 17.7 Å². The van der Waals surface area contributed by atoms with Crippen LogP contribution in [0, 0.1) is 17.3 Å². The number of benzene rings is 1. The van der Waals surface area contributed by atoms with E-state index >= 15 is 0 Å². The quantitative estimate of drug-likeness (QED) is 0.705. The van der Waals surface area contributed by atoms with E-state index in [2.05, 4.69) is 5.10 Å². The number of hydrogen-bond donors (Lipinski definition) is 0. The number of carbonyl (C=O) groups is 3. The molecule has 1 aromatic carbocycles. The van der Waals surface area contributed by atoms with Gasteiger partial charge < -0.3 is 9.47 Å². The van der Waals surface area contributed by atoms with Gasteiger partial charge in [-0.2, -0.15) is 5.10 Å².